The maximum absolute atomic E-state index is 13.2. The molecule has 22 heavy (non-hydrogen) atoms. The van der Waals surface area contributed by atoms with E-state index in [1.165, 1.54) is 18.9 Å². The molecule has 0 saturated carbocycles. The van der Waals surface area contributed by atoms with E-state index in [2.05, 4.69) is 14.9 Å². The van der Waals surface area contributed by atoms with Crippen LogP contribution in [0.3, 0.4) is 0 Å². The van der Waals surface area contributed by atoms with E-state index in [-0.39, 0.29) is 0 Å². The van der Waals surface area contributed by atoms with Crippen molar-refractivity contribution in [3.05, 3.63) is 53.0 Å². The molecule has 1 fully saturated rings. The van der Waals surface area contributed by atoms with Crippen LogP contribution in [0.15, 0.2) is 24.3 Å². The van der Waals surface area contributed by atoms with E-state index in [4.69, 9.17) is 0 Å². The number of nitrogens with zero attached hydrogens (tertiary/aromatic N) is 3. The fraction of sp³-hybridized carbons (Fsp3) is 0.294. The summed E-state index contributed by atoms with van der Waals surface area (Å²) in [5.41, 5.74) is 1.47. The Morgan fingerprint density at radius 1 is 1.00 bits per heavy atom. The van der Waals surface area contributed by atoms with Crippen LogP contribution < -0.4 is 4.90 Å². The highest BCUT2D eigenvalue weighted by Gasteiger charge is 2.14. The number of halogens is 2. The SMILES string of the molecule is Cc1cc(N2CCCC2)nc(/C=C/c2ccc(F)c(F)c2)n1. The molecule has 2 aromatic rings. The van der Waals surface area contributed by atoms with Crippen molar-refractivity contribution in [3.63, 3.8) is 0 Å². The minimum atomic E-state index is -0.856. The normalized spacial score (nSPS) is 15.0. The second kappa shape index (κ2) is 6.22. The van der Waals surface area contributed by atoms with Gasteiger partial charge in [-0.15, -0.1) is 0 Å². The van der Waals surface area contributed by atoms with Gasteiger partial charge in [-0.2, -0.15) is 0 Å². The summed E-state index contributed by atoms with van der Waals surface area (Å²) in [6.07, 6.45) is 5.77. The van der Waals surface area contributed by atoms with Gasteiger partial charge in [0.25, 0.3) is 0 Å². The zero-order valence-electron chi connectivity index (χ0n) is 12.4. The van der Waals surface area contributed by atoms with Gasteiger partial charge in [0.2, 0.25) is 0 Å². The van der Waals surface area contributed by atoms with Crippen LogP contribution in [0.1, 0.15) is 29.9 Å². The number of hydrogen-bond acceptors (Lipinski definition) is 3. The first-order valence-corrected chi connectivity index (χ1v) is 7.35. The average Bonchev–Trinajstić information content (AvgIpc) is 3.02. The summed E-state index contributed by atoms with van der Waals surface area (Å²) in [6.45, 7) is 3.96. The monoisotopic (exact) mass is 301 g/mol. The molecule has 0 aliphatic carbocycles. The van der Waals surface area contributed by atoms with Crippen molar-refractivity contribution in [2.75, 3.05) is 18.0 Å². The van der Waals surface area contributed by atoms with E-state index in [1.807, 2.05) is 13.0 Å². The van der Waals surface area contributed by atoms with Crippen LogP contribution in [0.2, 0.25) is 0 Å². The van der Waals surface area contributed by atoms with E-state index in [0.717, 1.165) is 36.7 Å². The lowest BCUT2D eigenvalue weighted by Gasteiger charge is -2.16. The second-order valence-electron chi connectivity index (χ2n) is 5.43. The van der Waals surface area contributed by atoms with Crippen molar-refractivity contribution in [1.29, 1.82) is 0 Å². The van der Waals surface area contributed by atoms with Crippen molar-refractivity contribution in [3.8, 4) is 0 Å². The van der Waals surface area contributed by atoms with Crippen LogP contribution in [-0.4, -0.2) is 23.1 Å². The summed E-state index contributed by atoms with van der Waals surface area (Å²) in [5.74, 6) is -0.202. The molecule has 1 saturated heterocycles. The third-order valence-corrected chi connectivity index (χ3v) is 3.66. The zero-order chi connectivity index (χ0) is 15.5. The Morgan fingerprint density at radius 2 is 1.77 bits per heavy atom. The van der Waals surface area contributed by atoms with Gasteiger partial charge in [0, 0.05) is 24.8 Å². The molecule has 0 bridgehead atoms. The van der Waals surface area contributed by atoms with Crippen molar-refractivity contribution < 1.29 is 8.78 Å². The van der Waals surface area contributed by atoms with Gasteiger partial charge in [-0.1, -0.05) is 12.1 Å². The maximum Gasteiger partial charge on any atom is 0.159 e. The first-order valence-electron chi connectivity index (χ1n) is 7.35. The van der Waals surface area contributed by atoms with Crippen LogP contribution in [0.4, 0.5) is 14.6 Å². The van der Waals surface area contributed by atoms with Crippen LogP contribution in [0, 0.1) is 18.6 Å². The first-order chi connectivity index (χ1) is 10.6. The molecule has 3 nitrogen and oxygen atoms in total. The fourth-order valence-corrected chi connectivity index (χ4v) is 2.54. The molecule has 1 aliphatic rings. The molecule has 1 aromatic heterocycles. The highest BCUT2D eigenvalue weighted by Crippen LogP contribution is 2.19. The molecule has 0 N–H and O–H groups in total. The zero-order valence-corrected chi connectivity index (χ0v) is 12.4. The van der Waals surface area contributed by atoms with Crippen molar-refractivity contribution in [2.45, 2.75) is 19.8 Å². The smallest absolute Gasteiger partial charge is 0.159 e. The fourth-order valence-electron chi connectivity index (χ4n) is 2.54. The van der Waals surface area contributed by atoms with Crippen molar-refractivity contribution >= 4 is 18.0 Å². The maximum atomic E-state index is 13.2. The topological polar surface area (TPSA) is 29.0 Å². The molecular weight excluding hydrogens is 284 g/mol. The molecule has 2 heterocycles. The lowest BCUT2D eigenvalue weighted by molar-refractivity contribution is 0.508. The largest absolute Gasteiger partial charge is 0.356 e. The molecule has 5 heteroatoms. The Hall–Kier alpha value is -2.30. The number of anilines is 1. The highest BCUT2D eigenvalue weighted by molar-refractivity contribution is 5.67. The third kappa shape index (κ3) is 3.30. The van der Waals surface area contributed by atoms with E-state index in [9.17, 15) is 8.78 Å². The van der Waals surface area contributed by atoms with Crippen LogP contribution >= 0.6 is 0 Å². The van der Waals surface area contributed by atoms with Crippen molar-refractivity contribution in [2.24, 2.45) is 0 Å². The van der Waals surface area contributed by atoms with Gasteiger partial charge in [-0.05, 0) is 43.5 Å². The molecule has 3 rings (SSSR count). The number of hydrogen-bond donors (Lipinski definition) is 0. The lowest BCUT2D eigenvalue weighted by Crippen LogP contribution is -2.19. The van der Waals surface area contributed by atoms with Gasteiger partial charge in [0.15, 0.2) is 17.5 Å². The van der Waals surface area contributed by atoms with Gasteiger partial charge in [-0.25, -0.2) is 18.7 Å². The minimum absolute atomic E-state index is 0.576. The predicted molar refractivity (Wildman–Crippen MR) is 83.5 cm³/mol. The molecule has 1 aromatic carbocycles. The first kappa shape index (κ1) is 14.6. The lowest BCUT2D eigenvalue weighted by atomic mass is 10.2. The molecule has 0 atom stereocenters. The third-order valence-electron chi connectivity index (χ3n) is 3.66. The standard InChI is InChI=1S/C17H17F2N3/c1-12-10-17(22-8-2-3-9-22)21-16(20-12)7-5-13-4-6-14(18)15(19)11-13/h4-7,10-11H,2-3,8-9H2,1H3/b7-5+. The Morgan fingerprint density at radius 3 is 2.50 bits per heavy atom. The number of rotatable bonds is 3. The number of aromatic nitrogens is 2. The molecule has 0 radical (unpaired) electrons. The van der Waals surface area contributed by atoms with Crippen LogP contribution in [0.25, 0.3) is 12.2 Å². The summed E-state index contributed by atoms with van der Waals surface area (Å²) >= 11 is 0. The summed E-state index contributed by atoms with van der Waals surface area (Å²) in [6, 6.07) is 5.76. The summed E-state index contributed by atoms with van der Waals surface area (Å²) in [4.78, 5) is 11.1. The Labute approximate surface area is 128 Å². The molecular formula is C17H17F2N3. The van der Waals surface area contributed by atoms with Gasteiger partial charge in [0.1, 0.15) is 5.82 Å². The van der Waals surface area contributed by atoms with E-state index in [0.29, 0.717) is 11.4 Å². The summed E-state index contributed by atoms with van der Waals surface area (Å²) in [5, 5.41) is 0. The summed E-state index contributed by atoms with van der Waals surface area (Å²) < 4.78 is 26.1. The second-order valence-corrected chi connectivity index (χ2v) is 5.43. The van der Waals surface area contributed by atoms with Gasteiger partial charge in [0.05, 0.1) is 0 Å². The minimum Gasteiger partial charge on any atom is -0.356 e. The molecule has 114 valence electrons. The van der Waals surface area contributed by atoms with Gasteiger partial charge >= 0.3 is 0 Å². The Kier molecular flexibility index (Phi) is 4.13. The molecule has 0 unspecified atom stereocenters. The molecule has 0 spiro atoms. The van der Waals surface area contributed by atoms with Crippen LogP contribution in [0.5, 0.6) is 0 Å². The Balaban J connectivity index is 1.84. The predicted octanol–water partition coefficient (Wildman–Crippen LogP) is 3.83. The molecule has 0 amide bonds. The van der Waals surface area contributed by atoms with E-state index in [1.54, 1.807) is 12.2 Å². The van der Waals surface area contributed by atoms with Gasteiger partial charge in [-0.3, -0.25) is 0 Å². The van der Waals surface area contributed by atoms with Crippen LogP contribution in [-0.2, 0) is 0 Å². The molecule has 1 aliphatic heterocycles. The highest BCUT2D eigenvalue weighted by atomic mass is 19.2. The van der Waals surface area contributed by atoms with E-state index >= 15 is 0 Å². The van der Waals surface area contributed by atoms with Gasteiger partial charge < -0.3 is 4.90 Å². The Bertz CT molecular complexity index is 707. The van der Waals surface area contributed by atoms with E-state index < -0.39 is 11.6 Å². The summed E-state index contributed by atoms with van der Waals surface area (Å²) in [7, 11) is 0. The number of benzene rings is 1. The number of aryl methyl sites for hydroxylation is 1. The average molecular weight is 301 g/mol. The van der Waals surface area contributed by atoms with Crippen molar-refractivity contribution in [1.82, 2.24) is 9.97 Å². The quantitative estimate of drug-likeness (QED) is 0.862.